The Kier molecular flexibility index (Phi) is 7.18. The molecule has 3 aliphatic rings. The van der Waals surface area contributed by atoms with E-state index in [1.165, 1.54) is 11.3 Å². The third kappa shape index (κ3) is 5.57. The van der Waals surface area contributed by atoms with E-state index in [0.29, 0.717) is 27.3 Å². The standard InChI is InChI=1S/C21H16Cl2N2O3S.C4H9NO/c22-15-3-1-12(8-16(15)23)7-14-10-24-20(29-14)25-19(26)21(5-6-21)13-2-4-17-18(9-13)28-11-27-17;6-4-1-2-5-3-4/h1-4,8-10H,5-7,11H2,(H,24,25,26);4-6H,1-3H2. The van der Waals surface area contributed by atoms with Gasteiger partial charge in [-0.05, 0) is 61.2 Å². The van der Waals surface area contributed by atoms with Gasteiger partial charge in [-0.25, -0.2) is 4.98 Å². The predicted octanol–water partition coefficient (Wildman–Crippen LogP) is 4.78. The van der Waals surface area contributed by atoms with Gasteiger partial charge in [0.05, 0.1) is 21.6 Å². The van der Waals surface area contributed by atoms with E-state index < -0.39 is 5.41 Å². The molecule has 1 atom stereocenters. The maximum Gasteiger partial charge on any atom is 0.236 e. The highest BCUT2D eigenvalue weighted by Gasteiger charge is 2.52. The van der Waals surface area contributed by atoms with E-state index in [1.807, 2.05) is 30.3 Å². The van der Waals surface area contributed by atoms with E-state index in [9.17, 15) is 4.79 Å². The molecule has 3 heterocycles. The summed E-state index contributed by atoms with van der Waals surface area (Å²) in [6.07, 6.45) is 4.94. The fourth-order valence-corrected chi connectivity index (χ4v) is 5.28. The number of thiazole rings is 1. The van der Waals surface area contributed by atoms with E-state index in [-0.39, 0.29) is 18.8 Å². The molecule has 1 aliphatic carbocycles. The molecule has 1 aromatic heterocycles. The summed E-state index contributed by atoms with van der Waals surface area (Å²) < 4.78 is 10.8. The number of nitrogens with one attached hydrogen (secondary N) is 2. The molecule has 2 aromatic carbocycles. The molecular weight excluding hydrogens is 509 g/mol. The van der Waals surface area contributed by atoms with Crippen molar-refractivity contribution in [2.24, 2.45) is 0 Å². The molecule has 0 spiro atoms. The van der Waals surface area contributed by atoms with Crippen molar-refractivity contribution < 1.29 is 19.4 Å². The summed E-state index contributed by atoms with van der Waals surface area (Å²) in [5.74, 6) is 1.38. The number of hydrogen-bond donors (Lipinski definition) is 3. The summed E-state index contributed by atoms with van der Waals surface area (Å²) in [5, 5.41) is 16.3. The third-order valence-corrected chi connectivity index (χ3v) is 7.93. The van der Waals surface area contributed by atoms with Crippen LogP contribution in [0.4, 0.5) is 5.13 Å². The normalized spacial score (nSPS) is 19.1. The van der Waals surface area contributed by atoms with E-state index in [1.54, 1.807) is 12.3 Å². The lowest BCUT2D eigenvalue weighted by atomic mass is 9.94. The SMILES string of the molecule is O=C(Nc1ncc(Cc2ccc(Cl)c(Cl)c2)s1)C1(c2ccc3c(c2)OCO3)CC1.OC1CCNC1. The average Bonchev–Trinajstić information content (AvgIpc) is 3.16. The summed E-state index contributed by atoms with van der Waals surface area (Å²) in [6, 6.07) is 11.3. The highest BCUT2D eigenvalue weighted by Crippen LogP contribution is 2.51. The Balaban J connectivity index is 0.000000371. The number of rotatable bonds is 5. The van der Waals surface area contributed by atoms with Crippen molar-refractivity contribution in [3.05, 3.63) is 68.6 Å². The third-order valence-electron chi connectivity index (χ3n) is 6.28. The second kappa shape index (κ2) is 10.3. The van der Waals surface area contributed by atoms with Crippen LogP contribution >= 0.6 is 34.5 Å². The molecule has 3 N–H and O–H groups in total. The maximum absolute atomic E-state index is 13.0. The van der Waals surface area contributed by atoms with Crippen molar-refractivity contribution in [3.63, 3.8) is 0 Å². The van der Waals surface area contributed by atoms with Crippen LogP contribution < -0.4 is 20.1 Å². The zero-order chi connectivity index (χ0) is 24.4. The molecule has 0 radical (unpaired) electrons. The van der Waals surface area contributed by atoms with Crippen LogP contribution in [0.25, 0.3) is 0 Å². The second-order valence-corrected chi connectivity index (χ2v) is 10.7. The first-order valence-corrected chi connectivity index (χ1v) is 13.0. The Hall–Kier alpha value is -2.36. The van der Waals surface area contributed by atoms with Gasteiger partial charge in [-0.15, -0.1) is 11.3 Å². The van der Waals surface area contributed by atoms with Gasteiger partial charge >= 0.3 is 0 Å². The van der Waals surface area contributed by atoms with E-state index >= 15 is 0 Å². The number of aromatic nitrogens is 1. The molecular formula is C25H25Cl2N3O4S. The van der Waals surface area contributed by atoms with Crippen LogP contribution in [0.3, 0.4) is 0 Å². The number of anilines is 1. The molecule has 35 heavy (non-hydrogen) atoms. The molecule has 0 bridgehead atoms. The number of fused-ring (bicyclic) bond motifs is 1. The van der Waals surface area contributed by atoms with Gasteiger partial charge in [0.1, 0.15) is 0 Å². The summed E-state index contributed by atoms with van der Waals surface area (Å²) in [6.45, 7) is 2.00. The fraction of sp³-hybridized carbons (Fsp3) is 0.360. The minimum Gasteiger partial charge on any atom is -0.454 e. The van der Waals surface area contributed by atoms with E-state index in [4.69, 9.17) is 37.8 Å². The predicted molar refractivity (Wildman–Crippen MR) is 137 cm³/mol. The number of carbonyl (C=O) groups is 1. The largest absolute Gasteiger partial charge is 0.454 e. The highest BCUT2D eigenvalue weighted by atomic mass is 35.5. The molecule has 1 saturated carbocycles. The molecule has 3 aromatic rings. The minimum absolute atomic E-state index is 0.0354. The summed E-state index contributed by atoms with van der Waals surface area (Å²) in [4.78, 5) is 18.4. The van der Waals surface area contributed by atoms with Crippen LogP contribution in [0.5, 0.6) is 11.5 Å². The van der Waals surface area contributed by atoms with Gasteiger partial charge in [0, 0.05) is 24.0 Å². The molecule has 184 valence electrons. The molecule has 1 saturated heterocycles. The van der Waals surface area contributed by atoms with E-state index in [0.717, 1.165) is 54.1 Å². The van der Waals surface area contributed by atoms with Crippen LogP contribution in [0.1, 0.15) is 35.3 Å². The molecule has 6 rings (SSSR count). The highest BCUT2D eigenvalue weighted by molar-refractivity contribution is 7.15. The van der Waals surface area contributed by atoms with Crippen molar-refractivity contribution in [2.75, 3.05) is 25.2 Å². The Morgan fingerprint density at radius 3 is 2.69 bits per heavy atom. The number of ether oxygens (including phenoxy) is 2. The Morgan fingerprint density at radius 1 is 1.17 bits per heavy atom. The average molecular weight is 534 g/mol. The van der Waals surface area contributed by atoms with Crippen LogP contribution in [0.15, 0.2) is 42.6 Å². The zero-order valence-electron chi connectivity index (χ0n) is 18.9. The van der Waals surface area contributed by atoms with Crippen LogP contribution in [0.2, 0.25) is 10.0 Å². The van der Waals surface area contributed by atoms with E-state index in [2.05, 4.69) is 15.6 Å². The van der Waals surface area contributed by atoms with Gasteiger partial charge in [0.2, 0.25) is 12.7 Å². The van der Waals surface area contributed by atoms with Crippen molar-refractivity contribution in [1.82, 2.24) is 10.3 Å². The number of aliphatic hydroxyl groups excluding tert-OH is 1. The second-order valence-electron chi connectivity index (χ2n) is 8.81. The number of carbonyl (C=O) groups excluding carboxylic acids is 1. The van der Waals surface area contributed by atoms with Crippen molar-refractivity contribution in [3.8, 4) is 11.5 Å². The Labute approximate surface area is 217 Å². The summed E-state index contributed by atoms with van der Waals surface area (Å²) >= 11 is 13.5. The van der Waals surface area contributed by atoms with Crippen LogP contribution in [-0.4, -0.2) is 42.0 Å². The van der Waals surface area contributed by atoms with Gasteiger partial charge in [-0.2, -0.15) is 0 Å². The zero-order valence-corrected chi connectivity index (χ0v) is 21.2. The topological polar surface area (TPSA) is 92.7 Å². The number of benzene rings is 2. The molecule has 1 unspecified atom stereocenters. The molecule has 2 fully saturated rings. The van der Waals surface area contributed by atoms with Gasteiger partial charge in [-0.3, -0.25) is 4.79 Å². The van der Waals surface area contributed by atoms with Crippen molar-refractivity contribution >= 4 is 45.6 Å². The molecule has 2 aliphatic heterocycles. The van der Waals surface area contributed by atoms with Gasteiger partial charge in [-0.1, -0.05) is 35.3 Å². The fourth-order valence-electron chi connectivity index (χ4n) is 4.12. The number of hydrogen-bond acceptors (Lipinski definition) is 7. The molecule has 1 amide bonds. The number of β-amino-alcohol motifs (C(OH)–C–C–N with tert-alkyl or cyclic N) is 1. The maximum atomic E-state index is 13.0. The van der Waals surface area contributed by atoms with Crippen molar-refractivity contribution in [2.45, 2.75) is 37.2 Å². The lowest BCUT2D eigenvalue weighted by Crippen LogP contribution is -2.27. The lowest BCUT2D eigenvalue weighted by Gasteiger charge is -2.15. The van der Waals surface area contributed by atoms with Crippen LogP contribution in [0, 0.1) is 0 Å². The lowest BCUT2D eigenvalue weighted by molar-refractivity contribution is -0.118. The van der Waals surface area contributed by atoms with Crippen molar-refractivity contribution in [1.29, 1.82) is 0 Å². The number of halogens is 2. The first kappa shape index (κ1) is 24.3. The minimum atomic E-state index is -0.517. The van der Waals surface area contributed by atoms with Gasteiger partial charge in [0.15, 0.2) is 16.6 Å². The van der Waals surface area contributed by atoms with Crippen LogP contribution in [-0.2, 0) is 16.6 Å². The molecule has 7 nitrogen and oxygen atoms in total. The summed E-state index contributed by atoms with van der Waals surface area (Å²) in [5.41, 5.74) is 1.48. The number of amides is 1. The summed E-state index contributed by atoms with van der Waals surface area (Å²) in [7, 11) is 0. The van der Waals surface area contributed by atoms with Gasteiger partial charge in [0.25, 0.3) is 0 Å². The Bertz CT molecular complexity index is 1230. The quantitative estimate of drug-likeness (QED) is 0.437. The molecule has 10 heteroatoms. The monoisotopic (exact) mass is 533 g/mol. The smallest absolute Gasteiger partial charge is 0.236 e. The van der Waals surface area contributed by atoms with Gasteiger partial charge < -0.3 is 25.2 Å². The Morgan fingerprint density at radius 2 is 2.00 bits per heavy atom. The first-order chi connectivity index (χ1) is 16.9. The number of aliphatic hydroxyl groups is 1. The number of nitrogens with zero attached hydrogens (tertiary/aromatic N) is 1. The first-order valence-electron chi connectivity index (χ1n) is 11.4.